The third kappa shape index (κ3) is 8.85. The van der Waals surface area contributed by atoms with Crippen molar-refractivity contribution in [3.8, 4) is 6.07 Å². The van der Waals surface area contributed by atoms with Gasteiger partial charge in [0.2, 0.25) is 0 Å². The highest BCUT2D eigenvalue weighted by molar-refractivity contribution is 5.22. The molecule has 0 amide bonds. The average molecular weight is 384 g/mol. The first-order chi connectivity index (χ1) is 13.7. The number of nitrogens with zero attached hydrogens (tertiary/aromatic N) is 1. The molecule has 28 heavy (non-hydrogen) atoms. The van der Waals surface area contributed by atoms with Crippen LogP contribution in [0.15, 0.2) is 48.3 Å². The van der Waals surface area contributed by atoms with Gasteiger partial charge >= 0.3 is 0 Å². The molecule has 0 radical (unpaired) electrons. The minimum atomic E-state index is -0.740. The Morgan fingerprint density at radius 2 is 1.75 bits per heavy atom. The van der Waals surface area contributed by atoms with E-state index in [0.29, 0.717) is 18.6 Å². The molecule has 1 aliphatic rings. The van der Waals surface area contributed by atoms with Gasteiger partial charge in [-0.1, -0.05) is 69.0 Å². The van der Waals surface area contributed by atoms with Crippen LogP contribution in [0.1, 0.15) is 75.8 Å². The third-order valence-electron chi connectivity index (χ3n) is 5.53. The Morgan fingerprint density at radius 3 is 2.43 bits per heavy atom. The summed E-state index contributed by atoms with van der Waals surface area (Å²) in [7, 11) is 0. The molecule has 1 aromatic rings. The van der Waals surface area contributed by atoms with E-state index in [-0.39, 0.29) is 0 Å². The highest BCUT2D eigenvalue weighted by Gasteiger charge is 2.19. The summed E-state index contributed by atoms with van der Waals surface area (Å²) in [4.78, 5) is 0. The smallest absolute Gasteiger partial charge is 0.199 e. The molecule has 0 atom stereocenters. The minimum absolute atomic E-state index is 0.314. The first-order valence-corrected chi connectivity index (χ1v) is 10.8. The molecule has 0 aliphatic heterocycles. The van der Waals surface area contributed by atoms with E-state index in [9.17, 15) is 4.39 Å². The van der Waals surface area contributed by atoms with Gasteiger partial charge in [-0.3, -0.25) is 0 Å². The zero-order chi connectivity index (χ0) is 20.0. The molecular weight excluding hydrogens is 349 g/mol. The number of hydrogen-bond donors (Lipinski definition) is 0. The number of allylic oxidation sites excluding steroid dienone is 4. The second-order valence-corrected chi connectivity index (χ2v) is 7.84. The zero-order valence-corrected chi connectivity index (χ0v) is 17.2. The van der Waals surface area contributed by atoms with Crippen LogP contribution in [0.2, 0.25) is 0 Å². The van der Waals surface area contributed by atoms with Crippen LogP contribution < -0.4 is 0 Å². The van der Waals surface area contributed by atoms with Crippen molar-refractivity contribution < 1.29 is 9.13 Å². The molecule has 1 fully saturated rings. The predicted octanol–water partition coefficient (Wildman–Crippen LogP) is 7.21. The number of ether oxygens (including phenoxy) is 1. The van der Waals surface area contributed by atoms with E-state index in [4.69, 9.17) is 10.00 Å². The molecule has 0 bridgehead atoms. The van der Waals surface area contributed by atoms with Crippen LogP contribution in [0.3, 0.4) is 0 Å². The Balaban J connectivity index is 1.63. The van der Waals surface area contributed by atoms with Gasteiger partial charge in [-0.15, -0.1) is 0 Å². The third-order valence-corrected chi connectivity index (χ3v) is 5.53. The van der Waals surface area contributed by atoms with Crippen molar-refractivity contribution in [2.75, 3.05) is 0 Å². The fourth-order valence-electron chi connectivity index (χ4n) is 3.73. The normalized spacial score (nSPS) is 20.4. The standard InChI is InChI=1S/C25H34FNO/c1-2-3-4-5-6-8-21-11-13-23(14-12-21)20-28-25-17-15-22(16-18-25)9-7-10-24(26)19-27/h7,9-14,22,25H,2-6,8,15-18,20H2,1H3/b9-7+,24-10-. The maximum atomic E-state index is 12.8. The van der Waals surface area contributed by atoms with E-state index in [0.717, 1.165) is 25.7 Å². The van der Waals surface area contributed by atoms with Gasteiger partial charge in [0.25, 0.3) is 0 Å². The van der Waals surface area contributed by atoms with E-state index >= 15 is 0 Å². The molecule has 0 N–H and O–H groups in total. The molecule has 0 heterocycles. The van der Waals surface area contributed by atoms with Crippen molar-refractivity contribution in [2.24, 2.45) is 5.92 Å². The van der Waals surface area contributed by atoms with Crippen molar-refractivity contribution in [1.82, 2.24) is 0 Å². The highest BCUT2D eigenvalue weighted by atomic mass is 19.1. The lowest BCUT2D eigenvalue weighted by Gasteiger charge is -2.26. The number of halogens is 1. The molecule has 0 spiro atoms. The summed E-state index contributed by atoms with van der Waals surface area (Å²) in [5.41, 5.74) is 2.67. The van der Waals surface area contributed by atoms with Gasteiger partial charge in [0.05, 0.1) is 12.7 Å². The SMILES string of the molecule is CCCCCCCc1ccc(COC2CCC(/C=C/C=C(\F)C#N)CC2)cc1. The summed E-state index contributed by atoms with van der Waals surface area (Å²) in [5, 5.41) is 8.40. The molecule has 2 rings (SSSR count). The molecule has 2 nitrogen and oxygen atoms in total. The van der Waals surface area contributed by atoms with E-state index in [1.165, 1.54) is 61.8 Å². The van der Waals surface area contributed by atoms with E-state index in [1.54, 1.807) is 6.08 Å². The topological polar surface area (TPSA) is 33.0 Å². The Hall–Kier alpha value is -1.92. The number of rotatable bonds is 11. The van der Waals surface area contributed by atoms with Crippen LogP contribution in [-0.2, 0) is 17.8 Å². The summed E-state index contributed by atoms with van der Waals surface area (Å²) < 4.78 is 18.9. The Bertz CT molecular complexity index is 648. The molecule has 1 aromatic carbocycles. The Kier molecular flexibility index (Phi) is 10.6. The highest BCUT2D eigenvalue weighted by Crippen LogP contribution is 2.28. The molecule has 152 valence electrons. The van der Waals surface area contributed by atoms with E-state index in [2.05, 4.69) is 31.2 Å². The largest absolute Gasteiger partial charge is 0.374 e. The van der Waals surface area contributed by atoms with Crippen LogP contribution in [-0.4, -0.2) is 6.10 Å². The average Bonchev–Trinajstić information content (AvgIpc) is 2.73. The predicted molar refractivity (Wildman–Crippen MR) is 113 cm³/mol. The Labute approximate surface area is 170 Å². The first kappa shape index (κ1) is 22.4. The lowest BCUT2D eigenvalue weighted by molar-refractivity contribution is 0.0110. The number of nitriles is 1. The monoisotopic (exact) mass is 383 g/mol. The van der Waals surface area contributed by atoms with Crippen molar-refractivity contribution in [2.45, 2.75) is 83.8 Å². The van der Waals surface area contributed by atoms with Crippen LogP contribution in [0.25, 0.3) is 0 Å². The summed E-state index contributed by atoms with van der Waals surface area (Å²) in [6, 6.07) is 10.4. The van der Waals surface area contributed by atoms with Crippen molar-refractivity contribution in [3.63, 3.8) is 0 Å². The van der Waals surface area contributed by atoms with Crippen LogP contribution in [0, 0.1) is 17.2 Å². The lowest BCUT2D eigenvalue weighted by Crippen LogP contribution is -2.20. The van der Waals surface area contributed by atoms with Crippen LogP contribution >= 0.6 is 0 Å². The molecule has 1 aliphatic carbocycles. The summed E-state index contributed by atoms with van der Waals surface area (Å²) in [6.07, 6.45) is 17.2. The van der Waals surface area contributed by atoms with E-state index in [1.807, 2.05) is 6.08 Å². The molecule has 0 saturated heterocycles. The molecule has 0 unspecified atom stereocenters. The number of aryl methyl sites for hydroxylation is 1. The lowest BCUT2D eigenvalue weighted by atomic mass is 9.87. The molecule has 1 saturated carbocycles. The number of benzene rings is 1. The molecular formula is C25H34FNO. The molecule has 3 heteroatoms. The van der Waals surface area contributed by atoms with Gasteiger partial charge in [0, 0.05) is 0 Å². The maximum Gasteiger partial charge on any atom is 0.199 e. The first-order valence-electron chi connectivity index (χ1n) is 10.8. The summed E-state index contributed by atoms with van der Waals surface area (Å²) in [5.74, 6) is -0.282. The van der Waals surface area contributed by atoms with Crippen LogP contribution in [0.4, 0.5) is 4.39 Å². The summed E-state index contributed by atoms with van der Waals surface area (Å²) >= 11 is 0. The van der Waals surface area contributed by atoms with Gasteiger partial charge in [0.15, 0.2) is 5.83 Å². The zero-order valence-electron chi connectivity index (χ0n) is 17.2. The van der Waals surface area contributed by atoms with E-state index < -0.39 is 5.83 Å². The second kappa shape index (κ2) is 13.3. The second-order valence-electron chi connectivity index (χ2n) is 7.84. The van der Waals surface area contributed by atoms with Gasteiger partial charge in [-0.2, -0.15) is 9.65 Å². The van der Waals surface area contributed by atoms with Crippen molar-refractivity contribution in [1.29, 1.82) is 5.26 Å². The van der Waals surface area contributed by atoms with Gasteiger partial charge in [0.1, 0.15) is 6.07 Å². The maximum absolute atomic E-state index is 12.8. The number of hydrogen-bond acceptors (Lipinski definition) is 2. The number of unbranched alkanes of at least 4 members (excludes halogenated alkanes) is 4. The van der Waals surface area contributed by atoms with Gasteiger partial charge < -0.3 is 4.74 Å². The molecule has 0 aromatic heterocycles. The quantitative estimate of drug-likeness (QED) is 0.230. The van der Waals surface area contributed by atoms with Crippen molar-refractivity contribution in [3.05, 3.63) is 59.4 Å². The van der Waals surface area contributed by atoms with Crippen LogP contribution in [0.5, 0.6) is 0 Å². The summed E-state index contributed by atoms with van der Waals surface area (Å²) in [6.45, 7) is 2.93. The van der Waals surface area contributed by atoms with Gasteiger partial charge in [-0.05, 0) is 61.6 Å². The van der Waals surface area contributed by atoms with Gasteiger partial charge in [-0.25, -0.2) is 0 Å². The Morgan fingerprint density at radius 1 is 1.07 bits per heavy atom. The fourth-order valence-corrected chi connectivity index (χ4v) is 3.73. The van der Waals surface area contributed by atoms with Crippen molar-refractivity contribution >= 4 is 0 Å². The fraction of sp³-hybridized carbons (Fsp3) is 0.560. The minimum Gasteiger partial charge on any atom is -0.374 e.